The Morgan fingerprint density at radius 2 is 1.62 bits per heavy atom. The van der Waals surface area contributed by atoms with E-state index in [4.69, 9.17) is 4.74 Å². The SMILES string of the molecule is CC(=O)OC1CCC2(C)C3CCC4(C)C(C(C)C=CC(C)C(C)C)CCC4C3(O)CCC2(O)C1. The summed E-state index contributed by atoms with van der Waals surface area (Å²) in [4.78, 5) is 11.5. The van der Waals surface area contributed by atoms with Crippen molar-refractivity contribution >= 4 is 5.97 Å². The number of ether oxygens (including phenoxy) is 1. The summed E-state index contributed by atoms with van der Waals surface area (Å²) in [6.07, 6.45) is 12.4. The summed E-state index contributed by atoms with van der Waals surface area (Å²) < 4.78 is 5.52. The van der Waals surface area contributed by atoms with E-state index in [-0.39, 0.29) is 28.8 Å². The number of fused-ring (bicyclic) bond motifs is 5. The van der Waals surface area contributed by atoms with E-state index >= 15 is 0 Å². The summed E-state index contributed by atoms with van der Waals surface area (Å²) >= 11 is 0. The molecule has 0 radical (unpaired) electrons. The van der Waals surface area contributed by atoms with Crippen LogP contribution in [0.2, 0.25) is 0 Å². The van der Waals surface area contributed by atoms with Crippen LogP contribution in [0.3, 0.4) is 0 Å². The van der Waals surface area contributed by atoms with Crippen molar-refractivity contribution in [2.45, 2.75) is 124 Å². The third kappa shape index (κ3) is 3.99. The Morgan fingerprint density at radius 3 is 2.26 bits per heavy atom. The van der Waals surface area contributed by atoms with E-state index in [2.05, 4.69) is 53.7 Å². The lowest BCUT2D eigenvalue weighted by molar-refractivity contribution is -0.277. The predicted octanol–water partition coefficient (Wildman–Crippen LogP) is 6.29. The molecule has 4 aliphatic carbocycles. The molecular formula is C30H50O4. The highest BCUT2D eigenvalue weighted by Gasteiger charge is 2.70. The number of allylic oxidation sites excluding steroid dienone is 2. The van der Waals surface area contributed by atoms with Crippen LogP contribution >= 0.6 is 0 Å². The zero-order valence-corrected chi connectivity index (χ0v) is 22.8. The first-order valence-corrected chi connectivity index (χ1v) is 14.1. The summed E-state index contributed by atoms with van der Waals surface area (Å²) in [5.74, 6) is 2.52. The molecule has 10 unspecified atom stereocenters. The second-order valence-electron chi connectivity index (χ2n) is 13.6. The van der Waals surface area contributed by atoms with Gasteiger partial charge < -0.3 is 14.9 Å². The average molecular weight is 475 g/mol. The normalized spacial score (nSPS) is 48.2. The van der Waals surface area contributed by atoms with Gasteiger partial charge in [0.15, 0.2) is 0 Å². The maximum atomic E-state index is 12.4. The van der Waals surface area contributed by atoms with Crippen LogP contribution in [0, 0.1) is 46.3 Å². The first-order chi connectivity index (χ1) is 15.8. The number of hydrogen-bond acceptors (Lipinski definition) is 4. The molecule has 10 atom stereocenters. The first-order valence-electron chi connectivity index (χ1n) is 14.1. The predicted molar refractivity (Wildman–Crippen MR) is 136 cm³/mol. The Bertz CT molecular complexity index is 806. The second-order valence-corrected chi connectivity index (χ2v) is 13.6. The summed E-state index contributed by atoms with van der Waals surface area (Å²) in [5.41, 5.74) is -1.74. The van der Waals surface area contributed by atoms with Crippen LogP contribution in [0.5, 0.6) is 0 Å². The van der Waals surface area contributed by atoms with Crippen LogP contribution in [-0.4, -0.2) is 33.5 Å². The third-order valence-corrected chi connectivity index (χ3v) is 11.6. The van der Waals surface area contributed by atoms with Crippen LogP contribution < -0.4 is 0 Å². The average Bonchev–Trinajstić information content (AvgIpc) is 3.11. The maximum Gasteiger partial charge on any atom is 0.302 e. The number of aliphatic hydroxyl groups is 2. The molecule has 0 heterocycles. The van der Waals surface area contributed by atoms with Crippen molar-refractivity contribution in [1.82, 2.24) is 0 Å². The number of esters is 1. The smallest absolute Gasteiger partial charge is 0.302 e. The molecule has 0 aromatic heterocycles. The van der Waals surface area contributed by atoms with Crippen LogP contribution in [0.25, 0.3) is 0 Å². The third-order valence-electron chi connectivity index (χ3n) is 11.6. The Hall–Kier alpha value is -0.870. The molecule has 0 aliphatic heterocycles. The minimum atomic E-state index is -0.864. The second kappa shape index (κ2) is 8.91. The van der Waals surface area contributed by atoms with Gasteiger partial charge in [0.2, 0.25) is 0 Å². The lowest BCUT2D eigenvalue weighted by Gasteiger charge is -2.67. The summed E-state index contributed by atoms with van der Waals surface area (Å²) in [5, 5.41) is 24.3. The Balaban J connectivity index is 1.56. The van der Waals surface area contributed by atoms with Crippen LogP contribution in [0.4, 0.5) is 0 Å². The number of rotatable bonds is 5. The molecule has 0 amide bonds. The van der Waals surface area contributed by atoms with Crippen molar-refractivity contribution in [3.63, 3.8) is 0 Å². The van der Waals surface area contributed by atoms with Gasteiger partial charge in [-0.1, -0.05) is 53.7 Å². The number of carbonyl (C=O) groups excluding carboxylic acids is 1. The summed E-state index contributed by atoms with van der Waals surface area (Å²) in [6.45, 7) is 15.4. The minimum absolute atomic E-state index is 0.112. The molecule has 0 aromatic carbocycles. The van der Waals surface area contributed by atoms with E-state index < -0.39 is 11.2 Å². The largest absolute Gasteiger partial charge is 0.462 e. The van der Waals surface area contributed by atoms with Gasteiger partial charge in [0, 0.05) is 18.8 Å². The van der Waals surface area contributed by atoms with E-state index in [0.717, 1.165) is 32.1 Å². The molecule has 4 aliphatic rings. The molecule has 2 N–H and O–H groups in total. The van der Waals surface area contributed by atoms with Crippen molar-refractivity contribution in [2.75, 3.05) is 0 Å². The molecule has 194 valence electrons. The van der Waals surface area contributed by atoms with Crippen LogP contribution in [0.1, 0.15) is 106 Å². The molecule has 4 saturated carbocycles. The maximum absolute atomic E-state index is 12.4. The van der Waals surface area contributed by atoms with E-state index in [1.54, 1.807) is 0 Å². The van der Waals surface area contributed by atoms with Crippen molar-refractivity contribution < 1.29 is 19.7 Å². The van der Waals surface area contributed by atoms with Crippen LogP contribution in [0.15, 0.2) is 12.2 Å². The Labute approximate surface area is 207 Å². The first kappa shape index (κ1) is 26.2. The van der Waals surface area contributed by atoms with Gasteiger partial charge in [-0.15, -0.1) is 0 Å². The molecule has 0 bridgehead atoms. The summed E-state index contributed by atoms with van der Waals surface area (Å²) in [7, 11) is 0. The van der Waals surface area contributed by atoms with Gasteiger partial charge in [-0.2, -0.15) is 0 Å². The molecule has 4 fully saturated rings. The van der Waals surface area contributed by atoms with E-state index in [0.29, 0.717) is 48.9 Å². The summed E-state index contributed by atoms with van der Waals surface area (Å²) in [6, 6.07) is 0. The van der Waals surface area contributed by atoms with E-state index in [9.17, 15) is 15.0 Å². The van der Waals surface area contributed by atoms with Crippen molar-refractivity contribution in [3.8, 4) is 0 Å². The highest BCUT2D eigenvalue weighted by Crippen LogP contribution is 2.70. The number of hydrogen-bond donors (Lipinski definition) is 2. The molecule has 0 aromatic rings. The molecular weight excluding hydrogens is 424 g/mol. The quantitative estimate of drug-likeness (QED) is 0.363. The van der Waals surface area contributed by atoms with Crippen molar-refractivity contribution in [3.05, 3.63) is 12.2 Å². The fourth-order valence-electron chi connectivity index (χ4n) is 9.22. The molecule has 4 heteroatoms. The molecule has 4 nitrogen and oxygen atoms in total. The zero-order valence-electron chi connectivity index (χ0n) is 22.8. The standard InChI is InChI=1S/C30H50O4/c1-19(2)20(3)8-9-21(4)24-10-11-25-27(24,6)14-13-26-28(7)15-12-23(34-22(5)31)18-29(28,32)16-17-30(25,26)33/h8-9,19-21,23-26,32-33H,10-18H2,1-7H3. The highest BCUT2D eigenvalue weighted by molar-refractivity contribution is 5.66. The highest BCUT2D eigenvalue weighted by atomic mass is 16.5. The van der Waals surface area contributed by atoms with E-state index in [1.807, 2.05) is 0 Å². The molecule has 34 heavy (non-hydrogen) atoms. The van der Waals surface area contributed by atoms with Gasteiger partial charge in [-0.05, 0) is 92.3 Å². The van der Waals surface area contributed by atoms with Gasteiger partial charge in [-0.25, -0.2) is 0 Å². The van der Waals surface area contributed by atoms with Gasteiger partial charge in [0.1, 0.15) is 6.10 Å². The number of carbonyl (C=O) groups is 1. The van der Waals surface area contributed by atoms with Crippen molar-refractivity contribution in [2.24, 2.45) is 46.3 Å². The van der Waals surface area contributed by atoms with E-state index in [1.165, 1.54) is 13.3 Å². The fraction of sp³-hybridized carbons (Fsp3) is 0.900. The molecule has 0 saturated heterocycles. The Morgan fingerprint density at radius 1 is 0.912 bits per heavy atom. The minimum Gasteiger partial charge on any atom is -0.462 e. The van der Waals surface area contributed by atoms with Crippen molar-refractivity contribution in [1.29, 1.82) is 0 Å². The van der Waals surface area contributed by atoms with Crippen LogP contribution in [-0.2, 0) is 9.53 Å². The monoisotopic (exact) mass is 474 g/mol. The lowest BCUT2D eigenvalue weighted by Crippen LogP contribution is -2.69. The molecule has 0 spiro atoms. The fourth-order valence-corrected chi connectivity index (χ4v) is 9.22. The topological polar surface area (TPSA) is 66.8 Å². The lowest BCUT2D eigenvalue weighted by atomic mass is 9.41. The Kier molecular flexibility index (Phi) is 6.86. The molecule has 4 rings (SSSR count). The van der Waals surface area contributed by atoms with Gasteiger partial charge >= 0.3 is 5.97 Å². The van der Waals surface area contributed by atoms with Gasteiger partial charge in [0.05, 0.1) is 11.2 Å². The van der Waals surface area contributed by atoms with Gasteiger partial charge in [0.25, 0.3) is 0 Å². The zero-order chi connectivity index (χ0) is 25.1. The van der Waals surface area contributed by atoms with Gasteiger partial charge in [-0.3, -0.25) is 4.79 Å².